The number of methoxy groups -OCH3 is 1. The lowest BCUT2D eigenvalue weighted by molar-refractivity contribution is -0.385. The van der Waals surface area contributed by atoms with Gasteiger partial charge in [0.15, 0.2) is 5.69 Å². The Morgan fingerprint density at radius 2 is 2.08 bits per heavy atom. The Morgan fingerprint density at radius 1 is 1.27 bits per heavy atom. The van der Waals surface area contributed by atoms with E-state index in [-0.39, 0.29) is 29.6 Å². The smallest absolute Gasteiger partial charge is 0.292 e. The molecule has 0 fully saturated rings. The molecule has 0 spiro atoms. The second-order valence-electron chi connectivity index (χ2n) is 7.67. The SMILES string of the molecule is COc1ccc(/C=N\NC(=O)c2c(C)nnn2-c2nonc2N)cc1COc1ccc([N+](=O)[O-])c(C)c1. The van der Waals surface area contributed by atoms with E-state index in [0.717, 1.165) is 4.68 Å². The molecule has 4 rings (SSSR count). The Morgan fingerprint density at radius 3 is 2.76 bits per heavy atom. The minimum absolute atomic E-state index is 0.0142. The van der Waals surface area contributed by atoms with Gasteiger partial charge in [-0.3, -0.25) is 14.9 Å². The van der Waals surface area contributed by atoms with E-state index in [9.17, 15) is 14.9 Å². The minimum atomic E-state index is -0.605. The molecule has 0 atom stereocenters. The summed E-state index contributed by atoms with van der Waals surface area (Å²) in [5.74, 6) is 0.410. The van der Waals surface area contributed by atoms with Crippen LogP contribution in [0.4, 0.5) is 11.5 Å². The molecule has 15 nitrogen and oxygen atoms in total. The number of nitrogens with two attached hydrogens (primary N) is 1. The number of nitro groups is 1. The summed E-state index contributed by atoms with van der Waals surface area (Å²) in [6.45, 7) is 3.36. The number of nitrogens with zero attached hydrogens (tertiary/aromatic N) is 7. The number of carbonyl (C=O) groups excluding carboxylic acids is 1. The average molecular weight is 507 g/mol. The first-order valence-corrected chi connectivity index (χ1v) is 10.7. The van der Waals surface area contributed by atoms with Gasteiger partial charge in [0, 0.05) is 17.2 Å². The van der Waals surface area contributed by atoms with Crippen molar-refractivity contribution in [2.45, 2.75) is 20.5 Å². The van der Waals surface area contributed by atoms with E-state index in [2.05, 4.69) is 35.8 Å². The molecule has 190 valence electrons. The highest BCUT2D eigenvalue weighted by Gasteiger charge is 2.22. The molecule has 0 saturated heterocycles. The molecule has 0 bridgehead atoms. The number of nitrogens with one attached hydrogen (secondary N) is 1. The highest BCUT2D eigenvalue weighted by molar-refractivity contribution is 5.94. The van der Waals surface area contributed by atoms with Crippen LogP contribution in [0.2, 0.25) is 0 Å². The van der Waals surface area contributed by atoms with E-state index < -0.39 is 10.8 Å². The number of hydrogen-bond donors (Lipinski definition) is 2. The Balaban J connectivity index is 1.46. The number of hydrogen-bond acceptors (Lipinski definition) is 12. The summed E-state index contributed by atoms with van der Waals surface area (Å²) < 4.78 is 16.9. The largest absolute Gasteiger partial charge is 0.496 e. The molecule has 4 aromatic rings. The number of rotatable bonds is 9. The fourth-order valence-corrected chi connectivity index (χ4v) is 3.40. The van der Waals surface area contributed by atoms with Crippen LogP contribution in [-0.2, 0) is 6.61 Å². The lowest BCUT2D eigenvalue weighted by Gasteiger charge is -2.11. The highest BCUT2D eigenvalue weighted by Crippen LogP contribution is 2.26. The topological polar surface area (TPSA) is 199 Å². The van der Waals surface area contributed by atoms with Crippen molar-refractivity contribution in [3.05, 3.63) is 74.6 Å². The molecular weight excluding hydrogens is 486 g/mol. The second-order valence-corrected chi connectivity index (χ2v) is 7.67. The number of anilines is 1. The molecule has 2 aromatic heterocycles. The molecule has 0 unspecified atom stereocenters. The van der Waals surface area contributed by atoms with Crippen LogP contribution in [0.25, 0.3) is 5.82 Å². The molecule has 0 saturated carbocycles. The van der Waals surface area contributed by atoms with E-state index in [1.165, 1.54) is 25.5 Å². The number of amides is 1. The number of nitrogen functional groups attached to an aromatic ring is 1. The summed E-state index contributed by atoms with van der Waals surface area (Å²) in [5, 5.41) is 29.8. The molecule has 3 N–H and O–H groups in total. The van der Waals surface area contributed by atoms with Crippen molar-refractivity contribution in [3.63, 3.8) is 0 Å². The van der Waals surface area contributed by atoms with E-state index in [1.54, 1.807) is 38.1 Å². The Hall–Kier alpha value is -5.34. The fourth-order valence-electron chi connectivity index (χ4n) is 3.40. The molecule has 1 amide bonds. The van der Waals surface area contributed by atoms with Gasteiger partial charge < -0.3 is 15.2 Å². The zero-order chi connectivity index (χ0) is 26.5. The van der Waals surface area contributed by atoms with Crippen LogP contribution >= 0.6 is 0 Å². The Labute approximate surface area is 209 Å². The maximum Gasteiger partial charge on any atom is 0.292 e. The van der Waals surface area contributed by atoms with Crippen LogP contribution in [0.5, 0.6) is 11.5 Å². The Kier molecular flexibility index (Phi) is 7.04. The molecule has 2 aromatic carbocycles. The zero-order valence-electron chi connectivity index (χ0n) is 19.9. The van der Waals surface area contributed by atoms with Crippen LogP contribution in [0.15, 0.2) is 46.1 Å². The van der Waals surface area contributed by atoms with Crippen molar-refractivity contribution in [1.82, 2.24) is 30.7 Å². The third-order valence-corrected chi connectivity index (χ3v) is 5.19. The normalized spacial score (nSPS) is 11.0. The minimum Gasteiger partial charge on any atom is -0.496 e. The Bertz CT molecular complexity index is 1490. The van der Waals surface area contributed by atoms with Gasteiger partial charge in [-0.2, -0.15) is 9.78 Å². The number of nitro benzene ring substituents is 1. The van der Waals surface area contributed by atoms with E-state index in [4.69, 9.17) is 15.2 Å². The van der Waals surface area contributed by atoms with Gasteiger partial charge in [0.05, 0.1) is 23.9 Å². The second kappa shape index (κ2) is 10.5. The summed E-state index contributed by atoms with van der Waals surface area (Å²) in [6.07, 6.45) is 1.44. The predicted octanol–water partition coefficient (Wildman–Crippen LogP) is 2.11. The van der Waals surface area contributed by atoms with E-state index in [0.29, 0.717) is 33.9 Å². The number of aryl methyl sites for hydroxylation is 2. The molecular formula is C22H21N9O6. The zero-order valence-corrected chi connectivity index (χ0v) is 19.9. The van der Waals surface area contributed by atoms with Crippen LogP contribution < -0.4 is 20.6 Å². The first kappa shape index (κ1) is 24.8. The highest BCUT2D eigenvalue weighted by atomic mass is 16.6. The maximum atomic E-state index is 12.7. The van der Waals surface area contributed by atoms with Gasteiger partial charge in [-0.1, -0.05) is 5.21 Å². The van der Waals surface area contributed by atoms with Crippen molar-refractivity contribution in [3.8, 4) is 17.3 Å². The molecule has 0 aliphatic carbocycles. The third-order valence-electron chi connectivity index (χ3n) is 5.19. The van der Waals surface area contributed by atoms with Gasteiger partial charge in [-0.05, 0) is 60.1 Å². The van der Waals surface area contributed by atoms with Crippen LogP contribution in [-0.4, -0.2) is 49.5 Å². The average Bonchev–Trinajstić information content (AvgIpc) is 3.47. The molecule has 0 aliphatic rings. The predicted molar refractivity (Wildman–Crippen MR) is 129 cm³/mol. The van der Waals surface area contributed by atoms with E-state index in [1.807, 2.05) is 0 Å². The van der Waals surface area contributed by atoms with Crippen molar-refractivity contribution < 1.29 is 23.8 Å². The summed E-state index contributed by atoms with van der Waals surface area (Å²) >= 11 is 0. The van der Waals surface area contributed by atoms with Crippen molar-refractivity contribution in [2.24, 2.45) is 5.10 Å². The van der Waals surface area contributed by atoms with Crippen molar-refractivity contribution in [2.75, 3.05) is 12.8 Å². The van der Waals surface area contributed by atoms with Gasteiger partial charge in [0.1, 0.15) is 18.1 Å². The molecule has 0 aliphatic heterocycles. The van der Waals surface area contributed by atoms with Gasteiger partial charge >= 0.3 is 0 Å². The van der Waals surface area contributed by atoms with Gasteiger partial charge in [-0.15, -0.1) is 5.10 Å². The standard InChI is InChI=1S/C22H21N9O6/c1-12-8-16(5-6-17(12)31(33)34)36-11-15-9-14(4-7-18(15)35-3)10-24-26-22(32)19-13(2)25-29-30(19)21-20(23)27-37-28-21/h4-10H,11H2,1-3H3,(H2,23,27)(H,26,32)/b24-10-. The van der Waals surface area contributed by atoms with Crippen LogP contribution in [0, 0.1) is 24.0 Å². The number of aromatic nitrogens is 5. The first-order chi connectivity index (χ1) is 17.8. The number of ether oxygens (including phenoxy) is 2. The van der Waals surface area contributed by atoms with Gasteiger partial charge in [-0.25, -0.2) is 10.1 Å². The van der Waals surface area contributed by atoms with Crippen molar-refractivity contribution >= 4 is 23.6 Å². The van der Waals surface area contributed by atoms with E-state index >= 15 is 0 Å². The lowest BCUT2D eigenvalue weighted by atomic mass is 10.1. The summed E-state index contributed by atoms with van der Waals surface area (Å²) in [5.41, 5.74) is 10.3. The summed E-state index contributed by atoms with van der Waals surface area (Å²) in [6, 6.07) is 9.76. The molecule has 2 heterocycles. The first-order valence-electron chi connectivity index (χ1n) is 10.7. The summed E-state index contributed by atoms with van der Waals surface area (Å²) in [7, 11) is 1.53. The molecule has 15 heteroatoms. The number of hydrazone groups is 1. The number of benzene rings is 2. The monoisotopic (exact) mass is 507 g/mol. The maximum absolute atomic E-state index is 12.7. The molecule has 37 heavy (non-hydrogen) atoms. The third kappa shape index (κ3) is 5.34. The quantitative estimate of drug-likeness (QED) is 0.191. The van der Waals surface area contributed by atoms with Crippen LogP contribution in [0.3, 0.4) is 0 Å². The van der Waals surface area contributed by atoms with Crippen molar-refractivity contribution in [1.29, 1.82) is 0 Å². The van der Waals surface area contributed by atoms with Crippen LogP contribution in [0.1, 0.15) is 32.9 Å². The number of carbonyl (C=O) groups is 1. The lowest BCUT2D eigenvalue weighted by Crippen LogP contribution is -2.22. The molecule has 0 radical (unpaired) electrons. The summed E-state index contributed by atoms with van der Waals surface area (Å²) in [4.78, 5) is 23.3. The fraction of sp³-hybridized carbons (Fsp3) is 0.182. The van der Waals surface area contributed by atoms with Gasteiger partial charge in [0.25, 0.3) is 11.6 Å². The van der Waals surface area contributed by atoms with Gasteiger partial charge in [0.2, 0.25) is 11.6 Å².